The van der Waals surface area contributed by atoms with Crippen molar-refractivity contribution >= 4 is 21.9 Å². The van der Waals surface area contributed by atoms with Gasteiger partial charge in [-0.1, -0.05) is 12.1 Å². The number of carbonyl (C=O) groups excluding carboxylic acids is 1. The third kappa shape index (κ3) is 3.63. The lowest BCUT2D eigenvalue weighted by atomic mass is 9.92. The van der Waals surface area contributed by atoms with Gasteiger partial charge in [0.25, 0.3) is 0 Å². The number of aromatic amines is 1. The molecule has 0 fully saturated rings. The van der Waals surface area contributed by atoms with Crippen molar-refractivity contribution in [3.8, 4) is 11.1 Å². The summed E-state index contributed by atoms with van der Waals surface area (Å²) in [5, 5.41) is 32.0. The minimum atomic E-state index is -0.518. The number of halogens is 1. The highest BCUT2D eigenvalue weighted by molar-refractivity contribution is 9.10. The predicted octanol–water partition coefficient (Wildman–Crippen LogP) is 1.43. The standard InChI is InChI=1S/C17H21BrN2O5/c1-19-5-13-14(15(18)16(20-13)17(24)25-2)10-4-3-9(6-21)11(7-22)12(10)8-23/h3-4,19-23H,5-8H2,1-2H3. The van der Waals surface area contributed by atoms with Crippen LogP contribution in [0.25, 0.3) is 11.1 Å². The molecule has 0 spiro atoms. The lowest BCUT2D eigenvalue weighted by Gasteiger charge is -2.16. The molecular formula is C17H21BrN2O5. The molecule has 1 heterocycles. The molecule has 0 aliphatic carbocycles. The van der Waals surface area contributed by atoms with Gasteiger partial charge in [-0.25, -0.2) is 4.79 Å². The summed E-state index contributed by atoms with van der Waals surface area (Å²) in [6, 6.07) is 3.45. The molecule has 2 aromatic rings. The molecule has 25 heavy (non-hydrogen) atoms. The van der Waals surface area contributed by atoms with Gasteiger partial charge < -0.3 is 30.4 Å². The number of methoxy groups -OCH3 is 1. The molecule has 0 atom stereocenters. The van der Waals surface area contributed by atoms with E-state index >= 15 is 0 Å². The Morgan fingerprint density at radius 2 is 1.88 bits per heavy atom. The van der Waals surface area contributed by atoms with Crippen LogP contribution >= 0.6 is 15.9 Å². The van der Waals surface area contributed by atoms with Crippen LogP contribution in [0.5, 0.6) is 0 Å². The van der Waals surface area contributed by atoms with E-state index in [-0.39, 0.29) is 25.5 Å². The molecule has 8 heteroatoms. The summed E-state index contributed by atoms with van der Waals surface area (Å²) >= 11 is 3.44. The first-order valence-electron chi connectivity index (χ1n) is 7.63. The molecule has 0 aliphatic rings. The Morgan fingerprint density at radius 1 is 1.20 bits per heavy atom. The summed E-state index contributed by atoms with van der Waals surface area (Å²) in [7, 11) is 3.07. The Morgan fingerprint density at radius 3 is 2.40 bits per heavy atom. The van der Waals surface area contributed by atoms with Gasteiger partial charge in [0.05, 0.1) is 31.4 Å². The van der Waals surface area contributed by atoms with E-state index in [4.69, 9.17) is 4.74 Å². The molecule has 1 aromatic carbocycles. The quantitative estimate of drug-likeness (QED) is 0.439. The van der Waals surface area contributed by atoms with Crippen molar-refractivity contribution in [3.63, 3.8) is 0 Å². The van der Waals surface area contributed by atoms with Crippen LogP contribution in [0.2, 0.25) is 0 Å². The van der Waals surface area contributed by atoms with Crippen LogP contribution in [-0.4, -0.2) is 40.4 Å². The van der Waals surface area contributed by atoms with E-state index in [2.05, 4.69) is 26.2 Å². The van der Waals surface area contributed by atoms with Crippen molar-refractivity contribution in [1.82, 2.24) is 10.3 Å². The van der Waals surface area contributed by atoms with Crippen molar-refractivity contribution in [2.24, 2.45) is 0 Å². The molecule has 0 radical (unpaired) electrons. The fourth-order valence-corrected chi connectivity index (χ4v) is 3.57. The van der Waals surface area contributed by atoms with Crippen molar-refractivity contribution in [2.45, 2.75) is 26.4 Å². The van der Waals surface area contributed by atoms with E-state index in [0.29, 0.717) is 38.8 Å². The van der Waals surface area contributed by atoms with E-state index in [1.807, 2.05) is 0 Å². The third-order valence-electron chi connectivity index (χ3n) is 4.04. The van der Waals surface area contributed by atoms with Crippen LogP contribution in [0.4, 0.5) is 0 Å². The van der Waals surface area contributed by atoms with E-state index in [0.717, 1.165) is 5.69 Å². The smallest absolute Gasteiger partial charge is 0.355 e. The van der Waals surface area contributed by atoms with E-state index in [9.17, 15) is 20.1 Å². The normalized spacial score (nSPS) is 11.0. The Bertz CT molecular complexity index is 773. The second-order valence-corrected chi connectivity index (χ2v) is 6.19. The van der Waals surface area contributed by atoms with Crippen LogP contribution in [-0.2, 0) is 31.1 Å². The minimum absolute atomic E-state index is 0.242. The van der Waals surface area contributed by atoms with Gasteiger partial charge >= 0.3 is 5.97 Å². The molecule has 7 nitrogen and oxygen atoms in total. The number of rotatable bonds is 7. The molecule has 1 aromatic heterocycles. The Labute approximate surface area is 153 Å². The maximum atomic E-state index is 12.0. The monoisotopic (exact) mass is 412 g/mol. The fourth-order valence-electron chi connectivity index (χ4n) is 2.86. The zero-order chi connectivity index (χ0) is 18.6. The Kier molecular flexibility index (Phi) is 6.74. The highest BCUT2D eigenvalue weighted by Gasteiger charge is 2.24. The third-order valence-corrected chi connectivity index (χ3v) is 4.84. The van der Waals surface area contributed by atoms with Gasteiger partial charge in [0, 0.05) is 17.8 Å². The maximum absolute atomic E-state index is 12.0. The first-order valence-corrected chi connectivity index (χ1v) is 8.43. The zero-order valence-electron chi connectivity index (χ0n) is 14.0. The number of benzene rings is 1. The summed E-state index contributed by atoms with van der Waals surface area (Å²) < 4.78 is 5.31. The van der Waals surface area contributed by atoms with Crippen molar-refractivity contribution < 1.29 is 24.9 Å². The zero-order valence-corrected chi connectivity index (χ0v) is 15.6. The first-order chi connectivity index (χ1) is 12.0. The number of aliphatic hydroxyl groups excluding tert-OH is 3. The van der Waals surface area contributed by atoms with Gasteiger partial charge in [-0.15, -0.1) is 0 Å². The predicted molar refractivity (Wildman–Crippen MR) is 95.8 cm³/mol. The van der Waals surface area contributed by atoms with E-state index in [1.165, 1.54) is 7.11 Å². The SMILES string of the molecule is CNCc1[nH]c(C(=O)OC)c(Br)c1-c1ccc(CO)c(CO)c1CO. The lowest BCUT2D eigenvalue weighted by molar-refractivity contribution is 0.0593. The number of ether oxygens (including phenoxy) is 1. The Hall–Kier alpha value is -1.71. The van der Waals surface area contributed by atoms with Crippen molar-refractivity contribution in [3.05, 3.63) is 44.7 Å². The molecule has 5 N–H and O–H groups in total. The summed E-state index contributed by atoms with van der Waals surface area (Å²) in [5.41, 5.74) is 3.87. The molecule has 0 unspecified atom stereocenters. The average Bonchev–Trinajstić information content (AvgIpc) is 2.95. The van der Waals surface area contributed by atoms with Crippen LogP contribution in [0.15, 0.2) is 16.6 Å². The number of aromatic nitrogens is 1. The second kappa shape index (κ2) is 8.59. The molecule has 0 aliphatic heterocycles. The highest BCUT2D eigenvalue weighted by Crippen LogP contribution is 2.39. The number of nitrogens with one attached hydrogen (secondary N) is 2. The minimum Gasteiger partial charge on any atom is -0.464 e. The maximum Gasteiger partial charge on any atom is 0.355 e. The first kappa shape index (κ1) is 19.6. The van der Waals surface area contributed by atoms with Crippen molar-refractivity contribution in [2.75, 3.05) is 14.2 Å². The van der Waals surface area contributed by atoms with Gasteiger partial charge in [0.2, 0.25) is 0 Å². The topological polar surface area (TPSA) is 115 Å². The van der Waals surface area contributed by atoms with Crippen LogP contribution in [0.1, 0.15) is 32.9 Å². The second-order valence-electron chi connectivity index (χ2n) is 5.39. The largest absolute Gasteiger partial charge is 0.464 e. The molecule has 0 saturated heterocycles. The number of esters is 1. The molecular weight excluding hydrogens is 392 g/mol. The van der Waals surface area contributed by atoms with Gasteiger partial charge in [-0.2, -0.15) is 0 Å². The molecule has 0 bridgehead atoms. The van der Waals surface area contributed by atoms with Crippen LogP contribution in [0.3, 0.4) is 0 Å². The number of hydrogen-bond donors (Lipinski definition) is 5. The molecule has 2 rings (SSSR count). The summed E-state index contributed by atoms with van der Waals surface area (Å²) in [4.78, 5) is 15.0. The van der Waals surface area contributed by atoms with Crippen LogP contribution < -0.4 is 5.32 Å². The number of carbonyl (C=O) groups is 1. The van der Waals surface area contributed by atoms with Gasteiger partial charge in [-0.3, -0.25) is 0 Å². The summed E-state index contributed by atoms with van der Waals surface area (Å²) in [5.74, 6) is -0.518. The average molecular weight is 413 g/mol. The molecule has 0 amide bonds. The van der Waals surface area contributed by atoms with Gasteiger partial charge in [-0.05, 0) is 45.2 Å². The van der Waals surface area contributed by atoms with E-state index < -0.39 is 5.97 Å². The van der Waals surface area contributed by atoms with Crippen molar-refractivity contribution in [1.29, 1.82) is 0 Å². The van der Waals surface area contributed by atoms with E-state index in [1.54, 1.807) is 19.2 Å². The number of H-pyrrole nitrogens is 1. The fraction of sp³-hybridized carbons (Fsp3) is 0.353. The number of hydrogen-bond acceptors (Lipinski definition) is 6. The summed E-state index contributed by atoms with van der Waals surface area (Å²) in [6.07, 6.45) is 0. The Balaban J connectivity index is 2.77. The number of aliphatic hydroxyl groups is 3. The van der Waals surface area contributed by atoms with Crippen LogP contribution in [0, 0.1) is 0 Å². The summed E-state index contributed by atoms with van der Waals surface area (Å²) in [6.45, 7) is -0.420. The molecule has 136 valence electrons. The van der Waals surface area contributed by atoms with Gasteiger partial charge in [0.1, 0.15) is 5.69 Å². The lowest BCUT2D eigenvalue weighted by Crippen LogP contribution is -2.08. The van der Waals surface area contributed by atoms with Gasteiger partial charge in [0.15, 0.2) is 0 Å². The highest BCUT2D eigenvalue weighted by atomic mass is 79.9. The molecule has 0 saturated carbocycles.